The van der Waals surface area contributed by atoms with E-state index in [9.17, 15) is 9.90 Å². The molecule has 98 valence electrons. The van der Waals surface area contributed by atoms with Crippen molar-refractivity contribution in [2.45, 2.75) is 13.3 Å². The van der Waals surface area contributed by atoms with Crippen molar-refractivity contribution in [3.63, 3.8) is 0 Å². The van der Waals surface area contributed by atoms with Gasteiger partial charge in [-0.15, -0.1) is 0 Å². The first kappa shape index (κ1) is 12.9. The SMILES string of the molecule is CCOC(=O)[C@H]1CNC[C@H]1Cc1ccc(O)cc1. The highest BCUT2D eigenvalue weighted by Crippen LogP contribution is 2.23. The predicted molar refractivity (Wildman–Crippen MR) is 68.3 cm³/mol. The van der Waals surface area contributed by atoms with Crippen LogP contribution in [0.5, 0.6) is 5.75 Å². The number of carbonyl (C=O) groups excluding carboxylic acids is 1. The molecule has 2 atom stereocenters. The molecule has 1 saturated heterocycles. The number of carbonyl (C=O) groups is 1. The van der Waals surface area contributed by atoms with Gasteiger partial charge in [0.2, 0.25) is 0 Å². The zero-order valence-corrected chi connectivity index (χ0v) is 10.6. The summed E-state index contributed by atoms with van der Waals surface area (Å²) in [6.07, 6.45) is 0.830. The molecule has 0 radical (unpaired) electrons. The maximum Gasteiger partial charge on any atom is 0.310 e. The van der Waals surface area contributed by atoms with Gasteiger partial charge in [-0.25, -0.2) is 0 Å². The van der Waals surface area contributed by atoms with Crippen LogP contribution in [0.15, 0.2) is 24.3 Å². The molecule has 1 heterocycles. The van der Waals surface area contributed by atoms with E-state index in [1.807, 2.05) is 19.1 Å². The Kier molecular flexibility index (Phi) is 4.20. The van der Waals surface area contributed by atoms with E-state index in [2.05, 4.69) is 5.32 Å². The fourth-order valence-corrected chi connectivity index (χ4v) is 2.41. The lowest BCUT2D eigenvalue weighted by atomic mass is 9.90. The van der Waals surface area contributed by atoms with Crippen LogP contribution in [0, 0.1) is 11.8 Å². The van der Waals surface area contributed by atoms with Crippen molar-refractivity contribution in [2.75, 3.05) is 19.7 Å². The first-order chi connectivity index (χ1) is 8.70. The number of aromatic hydroxyl groups is 1. The summed E-state index contributed by atoms with van der Waals surface area (Å²) >= 11 is 0. The molecule has 0 spiro atoms. The van der Waals surface area contributed by atoms with E-state index in [1.54, 1.807) is 12.1 Å². The normalized spacial score (nSPS) is 22.9. The van der Waals surface area contributed by atoms with Crippen LogP contribution >= 0.6 is 0 Å². The Balaban J connectivity index is 1.99. The van der Waals surface area contributed by atoms with Gasteiger partial charge in [-0.2, -0.15) is 0 Å². The van der Waals surface area contributed by atoms with Gasteiger partial charge in [0.1, 0.15) is 5.75 Å². The largest absolute Gasteiger partial charge is 0.508 e. The lowest BCUT2D eigenvalue weighted by Gasteiger charge is -2.17. The van der Waals surface area contributed by atoms with Gasteiger partial charge in [0.05, 0.1) is 12.5 Å². The Morgan fingerprint density at radius 1 is 1.39 bits per heavy atom. The van der Waals surface area contributed by atoms with E-state index < -0.39 is 0 Å². The second-order valence-corrected chi connectivity index (χ2v) is 4.65. The summed E-state index contributed by atoms with van der Waals surface area (Å²) in [6, 6.07) is 7.15. The zero-order chi connectivity index (χ0) is 13.0. The third kappa shape index (κ3) is 3.01. The van der Waals surface area contributed by atoms with Crippen LogP contribution in [0.3, 0.4) is 0 Å². The topological polar surface area (TPSA) is 58.6 Å². The molecule has 18 heavy (non-hydrogen) atoms. The second kappa shape index (κ2) is 5.87. The van der Waals surface area contributed by atoms with Gasteiger partial charge in [-0.1, -0.05) is 12.1 Å². The highest BCUT2D eigenvalue weighted by atomic mass is 16.5. The van der Waals surface area contributed by atoms with Crippen molar-refractivity contribution in [1.29, 1.82) is 0 Å². The number of phenolic OH excluding ortho intramolecular Hbond substituents is 1. The summed E-state index contributed by atoms with van der Waals surface area (Å²) in [6.45, 7) is 3.79. The molecule has 1 aromatic carbocycles. The maximum atomic E-state index is 11.8. The average molecular weight is 249 g/mol. The molecule has 0 bridgehead atoms. The first-order valence-electron chi connectivity index (χ1n) is 6.36. The Hall–Kier alpha value is -1.55. The van der Waals surface area contributed by atoms with E-state index in [0.717, 1.165) is 18.5 Å². The molecule has 0 unspecified atom stereocenters. The predicted octanol–water partition coefficient (Wildman–Crippen LogP) is 1.33. The number of rotatable bonds is 4. The lowest BCUT2D eigenvalue weighted by Crippen LogP contribution is -2.26. The molecule has 1 aliphatic heterocycles. The molecule has 1 aliphatic rings. The van der Waals surface area contributed by atoms with Crippen LogP contribution in [0.25, 0.3) is 0 Å². The minimum atomic E-state index is -0.105. The maximum absolute atomic E-state index is 11.8. The standard InChI is InChI=1S/C14H19NO3/c1-2-18-14(17)13-9-15-8-11(13)7-10-3-5-12(16)6-4-10/h3-6,11,13,15-16H,2,7-9H2,1H3/t11-,13+/m1/s1. The van der Waals surface area contributed by atoms with E-state index >= 15 is 0 Å². The van der Waals surface area contributed by atoms with Crippen molar-refractivity contribution in [3.8, 4) is 5.75 Å². The van der Waals surface area contributed by atoms with E-state index in [-0.39, 0.29) is 23.6 Å². The quantitative estimate of drug-likeness (QED) is 0.790. The average Bonchev–Trinajstić information content (AvgIpc) is 2.81. The second-order valence-electron chi connectivity index (χ2n) is 4.65. The monoisotopic (exact) mass is 249 g/mol. The lowest BCUT2D eigenvalue weighted by molar-refractivity contribution is -0.148. The number of nitrogens with one attached hydrogen (secondary N) is 1. The summed E-state index contributed by atoms with van der Waals surface area (Å²) in [4.78, 5) is 11.8. The van der Waals surface area contributed by atoms with E-state index in [4.69, 9.17) is 4.74 Å². The van der Waals surface area contributed by atoms with E-state index in [1.165, 1.54) is 0 Å². The van der Waals surface area contributed by atoms with Gasteiger partial charge < -0.3 is 15.2 Å². The Morgan fingerprint density at radius 2 is 2.11 bits per heavy atom. The van der Waals surface area contributed by atoms with Crippen LogP contribution in [0.4, 0.5) is 0 Å². The first-order valence-corrected chi connectivity index (χ1v) is 6.36. The fourth-order valence-electron chi connectivity index (χ4n) is 2.41. The van der Waals surface area contributed by atoms with Crippen LogP contribution in [-0.4, -0.2) is 30.8 Å². The van der Waals surface area contributed by atoms with Gasteiger partial charge in [0.25, 0.3) is 0 Å². The molecule has 1 aromatic rings. The summed E-state index contributed by atoms with van der Waals surface area (Å²) < 4.78 is 5.09. The number of benzene rings is 1. The molecule has 2 rings (SSSR count). The van der Waals surface area contributed by atoms with Crippen molar-refractivity contribution in [2.24, 2.45) is 11.8 Å². The van der Waals surface area contributed by atoms with Gasteiger partial charge >= 0.3 is 5.97 Å². The minimum absolute atomic E-state index is 0.0567. The van der Waals surface area contributed by atoms with Gasteiger partial charge in [0.15, 0.2) is 0 Å². The number of phenols is 1. The minimum Gasteiger partial charge on any atom is -0.508 e. The summed E-state index contributed by atoms with van der Waals surface area (Å²) in [7, 11) is 0. The third-order valence-corrected chi connectivity index (χ3v) is 3.36. The zero-order valence-electron chi connectivity index (χ0n) is 10.6. The smallest absolute Gasteiger partial charge is 0.310 e. The number of hydrogen-bond donors (Lipinski definition) is 2. The molecule has 0 saturated carbocycles. The van der Waals surface area contributed by atoms with Crippen LogP contribution in [-0.2, 0) is 16.0 Å². The summed E-state index contributed by atoms with van der Waals surface area (Å²) in [5.74, 6) is 0.379. The molecule has 0 aliphatic carbocycles. The molecule has 4 nitrogen and oxygen atoms in total. The molecule has 0 aromatic heterocycles. The van der Waals surface area contributed by atoms with Crippen molar-refractivity contribution in [1.82, 2.24) is 5.32 Å². The fraction of sp³-hybridized carbons (Fsp3) is 0.500. The Morgan fingerprint density at radius 3 is 2.78 bits per heavy atom. The van der Waals surface area contributed by atoms with Crippen LogP contribution in [0.2, 0.25) is 0 Å². The molecular formula is C14H19NO3. The number of hydrogen-bond acceptors (Lipinski definition) is 4. The summed E-state index contributed by atoms with van der Waals surface area (Å²) in [5.41, 5.74) is 1.13. The van der Waals surface area contributed by atoms with Crippen molar-refractivity contribution >= 4 is 5.97 Å². The third-order valence-electron chi connectivity index (χ3n) is 3.36. The van der Waals surface area contributed by atoms with Gasteiger partial charge in [0, 0.05) is 6.54 Å². The molecule has 4 heteroatoms. The Labute approximate surface area is 107 Å². The van der Waals surface area contributed by atoms with Gasteiger partial charge in [-0.05, 0) is 43.5 Å². The molecule has 1 fully saturated rings. The van der Waals surface area contributed by atoms with Gasteiger partial charge in [-0.3, -0.25) is 4.79 Å². The van der Waals surface area contributed by atoms with Crippen LogP contribution in [0.1, 0.15) is 12.5 Å². The van der Waals surface area contributed by atoms with Crippen molar-refractivity contribution in [3.05, 3.63) is 29.8 Å². The Bertz CT molecular complexity index is 402. The molecule has 2 N–H and O–H groups in total. The van der Waals surface area contributed by atoms with E-state index in [0.29, 0.717) is 13.2 Å². The molecule has 0 amide bonds. The number of ether oxygens (including phenoxy) is 1. The number of esters is 1. The van der Waals surface area contributed by atoms with Crippen LogP contribution < -0.4 is 5.32 Å². The van der Waals surface area contributed by atoms with Crippen molar-refractivity contribution < 1.29 is 14.6 Å². The molecular weight excluding hydrogens is 230 g/mol. The highest BCUT2D eigenvalue weighted by molar-refractivity contribution is 5.73. The summed E-state index contributed by atoms with van der Waals surface area (Å²) in [5, 5.41) is 12.5. The highest BCUT2D eigenvalue weighted by Gasteiger charge is 2.33.